The van der Waals surface area contributed by atoms with Gasteiger partial charge in [-0.1, -0.05) is 24.3 Å². The van der Waals surface area contributed by atoms with Crippen LogP contribution in [-0.4, -0.2) is 38.0 Å². The fraction of sp³-hybridized carbons (Fsp3) is 0.0968. The number of ether oxygens (including phenoxy) is 2. The number of anilines is 2. The maximum absolute atomic E-state index is 12.5. The molecule has 0 aliphatic rings. The molecule has 0 aromatic heterocycles. The molecule has 0 aliphatic heterocycles. The molecule has 0 atom stereocenters. The first-order valence-electron chi connectivity index (χ1n) is 12.0. The Kier molecular flexibility index (Phi) is 8.48. The zero-order valence-electron chi connectivity index (χ0n) is 21.4. The van der Waals surface area contributed by atoms with Crippen molar-refractivity contribution in [1.29, 1.82) is 0 Å². The second-order valence-electron chi connectivity index (χ2n) is 8.62. The molecule has 39 heavy (non-hydrogen) atoms. The summed E-state index contributed by atoms with van der Waals surface area (Å²) in [5.41, 5.74) is 5.02. The van der Waals surface area contributed by atoms with E-state index in [2.05, 4.69) is 20.1 Å². The van der Waals surface area contributed by atoms with Crippen molar-refractivity contribution in [2.75, 3.05) is 24.9 Å². The first-order valence-corrected chi connectivity index (χ1v) is 12.0. The highest BCUT2D eigenvalue weighted by molar-refractivity contribution is 6.05. The van der Waals surface area contributed by atoms with Crippen molar-refractivity contribution in [3.05, 3.63) is 130 Å². The Bertz CT molecular complexity index is 1360. The molecular formula is C31H26N2O6. The molecule has 4 aromatic carbocycles. The van der Waals surface area contributed by atoms with Gasteiger partial charge in [0.15, 0.2) is 0 Å². The van der Waals surface area contributed by atoms with Crippen LogP contribution in [0.5, 0.6) is 0 Å². The van der Waals surface area contributed by atoms with Crippen LogP contribution in [0.25, 0.3) is 0 Å². The minimum Gasteiger partial charge on any atom is -0.465 e. The van der Waals surface area contributed by atoms with E-state index in [1.807, 2.05) is 48.5 Å². The Morgan fingerprint density at radius 2 is 0.795 bits per heavy atom. The second kappa shape index (κ2) is 12.3. The van der Waals surface area contributed by atoms with E-state index in [1.54, 1.807) is 48.5 Å². The largest absolute Gasteiger partial charge is 0.465 e. The van der Waals surface area contributed by atoms with E-state index < -0.39 is 11.9 Å². The van der Waals surface area contributed by atoms with Crippen molar-refractivity contribution in [1.82, 2.24) is 0 Å². The molecule has 0 fully saturated rings. The van der Waals surface area contributed by atoms with E-state index >= 15 is 0 Å². The van der Waals surface area contributed by atoms with Crippen molar-refractivity contribution in [3.63, 3.8) is 0 Å². The quantitative estimate of drug-likeness (QED) is 0.302. The van der Waals surface area contributed by atoms with E-state index in [-0.39, 0.29) is 11.8 Å². The summed E-state index contributed by atoms with van der Waals surface area (Å²) >= 11 is 0. The van der Waals surface area contributed by atoms with Gasteiger partial charge in [0.05, 0.1) is 25.3 Å². The smallest absolute Gasteiger partial charge is 0.337 e. The predicted molar refractivity (Wildman–Crippen MR) is 147 cm³/mol. The molecule has 4 aromatic rings. The summed E-state index contributed by atoms with van der Waals surface area (Å²) in [5.74, 6) is -1.48. The van der Waals surface area contributed by atoms with Crippen molar-refractivity contribution < 1.29 is 28.7 Å². The first kappa shape index (κ1) is 26.8. The Hall–Kier alpha value is -5.24. The van der Waals surface area contributed by atoms with Crippen LogP contribution >= 0.6 is 0 Å². The average Bonchev–Trinajstić information content (AvgIpc) is 2.98. The summed E-state index contributed by atoms with van der Waals surface area (Å²) in [4.78, 5) is 48.1. The third-order valence-corrected chi connectivity index (χ3v) is 5.97. The molecule has 2 amide bonds. The van der Waals surface area contributed by atoms with Gasteiger partial charge in [-0.05, 0) is 90.3 Å². The van der Waals surface area contributed by atoms with E-state index in [4.69, 9.17) is 0 Å². The summed E-state index contributed by atoms with van der Waals surface area (Å²) < 4.78 is 9.34. The van der Waals surface area contributed by atoms with Crippen LogP contribution in [0.15, 0.2) is 97.1 Å². The number of methoxy groups -OCH3 is 2. The third-order valence-electron chi connectivity index (χ3n) is 5.97. The Balaban J connectivity index is 1.30. The molecule has 0 radical (unpaired) electrons. The van der Waals surface area contributed by atoms with Gasteiger partial charge in [-0.3, -0.25) is 9.59 Å². The molecule has 8 nitrogen and oxygen atoms in total. The van der Waals surface area contributed by atoms with Crippen LogP contribution in [0.4, 0.5) is 11.4 Å². The zero-order valence-corrected chi connectivity index (χ0v) is 21.4. The normalized spacial score (nSPS) is 10.3. The monoisotopic (exact) mass is 522 g/mol. The lowest BCUT2D eigenvalue weighted by molar-refractivity contribution is 0.0592. The highest BCUT2D eigenvalue weighted by atomic mass is 16.5. The summed E-state index contributed by atoms with van der Waals surface area (Å²) in [5, 5.41) is 5.69. The summed E-state index contributed by atoms with van der Waals surface area (Å²) in [6.45, 7) is 0. The van der Waals surface area contributed by atoms with Crippen LogP contribution in [0.2, 0.25) is 0 Å². The Morgan fingerprint density at radius 1 is 0.487 bits per heavy atom. The number of rotatable bonds is 8. The van der Waals surface area contributed by atoms with Gasteiger partial charge < -0.3 is 20.1 Å². The van der Waals surface area contributed by atoms with Crippen LogP contribution in [0.3, 0.4) is 0 Å². The third kappa shape index (κ3) is 6.95. The lowest BCUT2D eigenvalue weighted by atomic mass is 10.0. The number of benzene rings is 4. The van der Waals surface area contributed by atoms with Gasteiger partial charge in [0, 0.05) is 22.5 Å². The molecule has 8 heteroatoms. The van der Waals surface area contributed by atoms with Crippen molar-refractivity contribution in [2.45, 2.75) is 6.42 Å². The van der Waals surface area contributed by atoms with Crippen molar-refractivity contribution >= 4 is 35.1 Å². The van der Waals surface area contributed by atoms with Crippen LogP contribution in [-0.2, 0) is 15.9 Å². The van der Waals surface area contributed by atoms with Crippen molar-refractivity contribution in [3.8, 4) is 0 Å². The van der Waals surface area contributed by atoms with Gasteiger partial charge in [0.1, 0.15) is 0 Å². The molecule has 0 saturated carbocycles. The maximum Gasteiger partial charge on any atom is 0.337 e. The lowest BCUT2D eigenvalue weighted by Crippen LogP contribution is -2.12. The predicted octanol–water partition coefficient (Wildman–Crippen LogP) is 5.36. The second-order valence-corrected chi connectivity index (χ2v) is 8.62. The van der Waals surface area contributed by atoms with Gasteiger partial charge in [-0.25, -0.2) is 9.59 Å². The SMILES string of the molecule is COC(=O)c1ccc(C(=O)Nc2ccc(Cc3ccc(NC(=O)c4ccc(C(=O)OC)cc4)cc3)cc2)cc1. The molecule has 4 rings (SSSR count). The minimum absolute atomic E-state index is 0.281. The molecule has 0 aliphatic carbocycles. The van der Waals surface area contributed by atoms with E-state index in [1.165, 1.54) is 14.2 Å². The number of carbonyl (C=O) groups excluding carboxylic acids is 4. The standard InChI is InChI=1S/C31H26N2O6/c1-38-30(36)24-11-7-22(8-12-24)28(34)32-26-15-3-20(4-16-26)19-21-5-17-27(18-6-21)33-29(35)23-9-13-25(14-10-23)31(37)39-2/h3-18H,19H2,1-2H3,(H,32,34)(H,33,35). The highest BCUT2D eigenvalue weighted by Gasteiger charge is 2.11. The Labute approximate surface area is 225 Å². The topological polar surface area (TPSA) is 111 Å². The van der Waals surface area contributed by atoms with Crippen LogP contribution < -0.4 is 10.6 Å². The number of hydrogen-bond donors (Lipinski definition) is 2. The van der Waals surface area contributed by atoms with Gasteiger partial charge in [0.2, 0.25) is 0 Å². The van der Waals surface area contributed by atoms with Gasteiger partial charge in [-0.2, -0.15) is 0 Å². The van der Waals surface area contributed by atoms with E-state index in [0.717, 1.165) is 11.1 Å². The molecule has 0 spiro atoms. The summed E-state index contributed by atoms with van der Waals surface area (Å²) in [7, 11) is 2.61. The van der Waals surface area contributed by atoms with Crippen molar-refractivity contribution in [2.24, 2.45) is 0 Å². The number of esters is 2. The summed E-state index contributed by atoms with van der Waals surface area (Å²) in [6.07, 6.45) is 0.673. The fourth-order valence-electron chi connectivity index (χ4n) is 3.81. The van der Waals surface area contributed by atoms with Gasteiger partial charge in [-0.15, -0.1) is 0 Å². The molecule has 0 saturated heterocycles. The molecule has 2 N–H and O–H groups in total. The molecule has 0 bridgehead atoms. The molecule has 196 valence electrons. The lowest BCUT2D eigenvalue weighted by Gasteiger charge is -2.09. The van der Waals surface area contributed by atoms with Gasteiger partial charge >= 0.3 is 11.9 Å². The first-order chi connectivity index (χ1) is 18.9. The number of carbonyl (C=O) groups is 4. The number of nitrogens with one attached hydrogen (secondary N) is 2. The Morgan fingerprint density at radius 3 is 1.10 bits per heavy atom. The maximum atomic E-state index is 12.5. The van der Waals surface area contributed by atoms with Gasteiger partial charge in [0.25, 0.3) is 11.8 Å². The number of hydrogen-bond acceptors (Lipinski definition) is 6. The molecular weight excluding hydrogens is 496 g/mol. The fourth-order valence-corrected chi connectivity index (χ4v) is 3.81. The zero-order chi connectivity index (χ0) is 27.8. The molecule has 0 unspecified atom stereocenters. The van der Waals surface area contributed by atoms with E-state index in [0.29, 0.717) is 40.0 Å². The van der Waals surface area contributed by atoms with Crippen LogP contribution in [0.1, 0.15) is 52.6 Å². The number of amides is 2. The average molecular weight is 523 g/mol. The van der Waals surface area contributed by atoms with Crippen LogP contribution in [0, 0.1) is 0 Å². The minimum atomic E-state index is -0.458. The van der Waals surface area contributed by atoms with E-state index in [9.17, 15) is 19.2 Å². The highest BCUT2D eigenvalue weighted by Crippen LogP contribution is 2.18. The summed E-state index contributed by atoms with van der Waals surface area (Å²) in [6, 6.07) is 27.5. The molecule has 0 heterocycles.